The molecule has 1 saturated carbocycles. The van der Waals surface area contributed by atoms with Gasteiger partial charge < -0.3 is 5.73 Å². The van der Waals surface area contributed by atoms with Crippen LogP contribution in [0.4, 0.5) is 8.78 Å². The SMILES string of the molecule is CC(C)(N)C(F)(F)C1CCCCC1. The summed E-state index contributed by atoms with van der Waals surface area (Å²) < 4.78 is 27.4. The zero-order valence-corrected chi connectivity index (χ0v) is 8.45. The van der Waals surface area contributed by atoms with E-state index in [1.54, 1.807) is 0 Å². The minimum Gasteiger partial charge on any atom is -0.321 e. The molecule has 0 heterocycles. The van der Waals surface area contributed by atoms with Crippen molar-refractivity contribution in [2.24, 2.45) is 11.7 Å². The molecule has 0 spiro atoms. The average molecular weight is 191 g/mol. The highest BCUT2D eigenvalue weighted by atomic mass is 19.3. The van der Waals surface area contributed by atoms with Crippen molar-refractivity contribution >= 4 is 0 Å². The fourth-order valence-electron chi connectivity index (χ4n) is 1.99. The van der Waals surface area contributed by atoms with Crippen LogP contribution in [0, 0.1) is 5.92 Å². The van der Waals surface area contributed by atoms with Gasteiger partial charge in [0.05, 0.1) is 5.54 Å². The molecule has 1 rings (SSSR count). The van der Waals surface area contributed by atoms with E-state index in [1.165, 1.54) is 13.8 Å². The van der Waals surface area contributed by atoms with Gasteiger partial charge in [0, 0.05) is 5.92 Å². The Morgan fingerprint density at radius 1 is 1.08 bits per heavy atom. The molecule has 0 aromatic carbocycles. The zero-order chi connectivity index (χ0) is 10.1. The van der Waals surface area contributed by atoms with Gasteiger partial charge in [-0.15, -0.1) is 0 Å². The summed E-state index contributed by atoms with van der Waals surface area (Å²) in [6.45, 7) is 2.84. The standard InChI is InChI=1S/C10H19F2N/c1-9(2,13)10(11,12)8-6-4-3-5-7-8/h8H,3-7,13H2,1-2H3. The van der Waals surface area contributed by atoms with Gasteiger partial charge in [-0.05, 0) is 26.7 Å². The van der Waals surface area contributed by atoms with Gasteiger partial charge in [0.25, 0.3) is 5.92 Å². The van der Waals surface area contributed by atoms with E-state index in [0.717, 1.165) is 19.3 Å². The third-order valence-corrected chi connectivity index (χ3v) is 2.98. The quantitative estimate of drug-likeness (QED) is 0.713. The molecule has 1 fully saturated rings. The van der Waals surface area contributed by atoms with Crippen LogP contribution in [0.25, 0.3) is 0 Å². The largest absolute Gasteiger partial charge is 0.321 e. The number of rotatable bonds is 2. The third-order valence-electron chi connectivity index (χ3n) is 2.98. The lowest BCUT2D eigenvalue weighted by Crippen LogP contribution is -2.55. The first-order valence-electron chi connectivity index (χ1n) is 5.02. The minimum absolute atomic E-state index is 0.499. The van der Waals surface area contributed by atoms with Gasteiger partial charge in [-0.2, -0.15) is 0 Å². The molecule has 0 radical (unpaired) electrons. The lowest BCUT2D eigenvalue weighted by atomic mass is 9.78. The Labute approximate surface area is 78.7 Å². The highest BCUT2D eigenvalue weighted by Gasteiger charge is 2.50. The molecular formula is C10H19F2N. The summed E-state index contributed by atoms with van der Waals surface area (Å²) in [6, 6.07) is 0. The van der Waals surface area contributed by atoms with Crippen LogP contribution in [0.15, 0.2) is 0 Å². The molecule has 78 valence electrons. The summed E-state index contributed by atoms with van der Waals surface area (Å²) in [5, 5.41) is 0. The Morgan fingerprint density at radius 2 is 1.54 bits per heavy atom. The van der Waals surface area contributed by atoms with Gasteiger partial charge in [-0.3, -0.25) is 0 Å². The van der Waals surface area contributed by atoms with Crippen molar-refractivity contribution in [1.82, 2.24) is 0 Å². The summed E-state index contributed by atoms with van der Waals surface area (Å²) in [5.41, 5.74) is 4.11. The van der Waals surface area contributed by atoms with E-state index >= 15 is 0 Å². The summed E-state index contributed by atoms with van der Waals surface area (Å²) in [5.74, 6) is -3.21. The van der Waals surface area contributed by atoms with E-state index in [1.807, 2.05) is 0 Å². The van der Waals surface area contributed by atoms with Gasteiger partial charge >= 0.3 is 0 Å². The van der Waals surface area contributed by atoms with Crippen LogP contribution in [0.1, 0.15) is 46.0 Å². The first-order valence-corrected chi connectivity index (χ1v) is 5.02. The van der Waals surface area contributed by atoms with E-state index in [0.29, 0.717) is 12.8 Å². The van der Waals surface area contributed by atoms with Crippen LogP contribution in [0.3, 0.4) is 0 Å². The second kappa shape index (κ2) is 3.52. The number of halogens is 2. The summed E-state index contributed by atoms with van der Waals surface area (Å²) in [6.07, 6.45) is 4.21. The lowest BCUT2D eigenvalue weighted by Gasteiger charge is -2.38. The Morgan fingerprint density at radius 3 is 1.92 bits per heavy atom. The monoisotopic (exact) mass is 191 g/mol. The molecule has 0 aromatic heterocycles. The second-order valence-corrected chi connectivity index (χ2v) is 4.68. The summed E-state index contributed by atoms with van der Waals surface area (Å²) in [4.78, 5) is 0. The molecular weight excluding hydrogens is 172 g/mol. The Balaban J connectivity index is 2.67. The van der Waals surface area contributed by atoms with E-state index < -0.39 is 17.4 Å². The molecule has 0 unspecified atom stereocenters. The second-order valence-electron chi connectivity index (χ2n) is 4.68. The molecule has 0 saturated heterocycles. The lowest BCUT2D eigenvalue weighted by molar-refractivity contribution is -0.120. The molecule has 0 atom stereocenters. The molecule has 1 aliphatic carbocycles. The van der Waals surface area contributed by atoms with Gasteiger partial charge in [0.15, 0.2) is 0 Å². The normalized spacial score (nSPS) is 21.9. The highest BCUT2D eigenvalue weighted by Crippen LogP contribution is 2.41. The summed E-state index contributed by atoms with van der Waals surface area (Å²) >= 11 is 0. The van der Waals surface area contributed by atoms with Gasteiger partial charge in [0.2, 0.25) is 0 Å². The average Bonchev–Trinajstić information content (AvgIpc) is 2.04. The van der Waals surface area contributed by atoms with Crippen molar-refractivity contribution in [2.45, 2.75) is 57.4 Å². The zero-order valence-electron chi connectivity index (χ0n) is 8.45. The maximum Gasteiger partial charge on any atom is 0.267 e. The van der Waals surface area contributed by atoms with Crippen molar-refractivity contribution in [1.29, 1.82) is 0 Å². The minimum atomic E-state index is -2.71. The van der Waals surface area contributed by atoms with Crippen molar-refractivity contribution in [2.75, 3.05) is 0 Å². The molecule has 2 N–H and O–H groups in total. The third kappa shape index (κ3) is 2.19. The highest BCUT2D eigenvalue weighted by molar-refractivity contribution is 4.95. The van der Waals surface area contributed by atoms with E-state index in [-0.39, 0.29) is 0 Å². The van der Waals surface area contributed by atoms with Gasteiger partial charge in [0.1, 0.15) is 0 Å². The Kier molecular flexibility index (Phi) is 2.95. The van der Waals surface area contributed by atoms with Crippen molar-refractivity contribution < 1.29 is 8.78 Å². The van der Waals surface area contributed by atoms with Crippen LogP contribution in [-0.4, -0.2) is 11.5 Å². The fourth-order valence-corrected chi connectivity index (χ4v) is 1.99. The van der Waals surface area contributed by atoms with Crippen LogP contribution in [0.5, 0.6) is 0 Å². The predicted octanol–water partition coefficient (Wildman–Crippen LogP) is 2.94. The molecule has 13 heavy (non-hydrogen) atoms. The maximum absolute atomic E-state index is 13.7. The number of nitrogens with two attached hydrogens (primary N) is 1. The van der Waals surface area contributed by atoms with Crippen LogP contribution in [0.2, 0.25) is 0 Å². The number of alkyl halides is 2. The van der Waals surface area contributed by atoms with Gasteiger partial charge in [-0.1, -0.05) is 19.3 Å². The fraction of sp³-hybridized carbons (Fsp3) is 1.00. The summed E-state index contributed by atoms with van der Waals surface area (Å²) in [7, 11) is 0. The van der Waals surface area contributed by atoms with Gasteiger partial charge in [-0.25, -0.2) is 8.78 Å². The molecule has 0 aliphatic heterocycles. The Hall–Kier alpha value is -0.180. The smallest absolute Gasteiger partial charge is 0.267 e. The van der Waals surface area contributed by atoms with E-state index in [9.17, 15) is 8.78 Å². The van der Waals surface area contributed by atoms with E-state index in [2.05, 4.69) is 0 Å². The first kappa shape index (κ1) is 10.9. The molecule has 0 aromatic rings. The molecule has 1 nitrogen and oxygen atoms in total. The van der Waals surface area contributed by atoms with Crippen molar-refractivity contribution in [3.8, 4) is 0 Å². The van der Waals surface area contributed by atoms with E-state index in [4.69, 9.17) is 5.73 Å². The molecule has 0 amide bonds. The predicted molar refractivity (Wildman–Crippen MR) is 49.8 cm³/mol. The molecule has 3 heteroatoms. The molecule has 0 bridgehead atoms. The topological polar surface area (TPSA) is 26.0 Å². The molecule has 1 aliphatic rings. The van der Waals surface area contributed by atoms with Crippen molar-refractivity contribution in [3.05, 3.63) is 0 Å². The number of hydrogen-bond acceptors (Lipinski definition) is 1. The maximum atomic E-state index is 13.7. The van der Waals surface area contributed by atoms with Crippen LogP contribution < -0.4 is 5.73 Å². The number of hydrogen-bond donors (Lipinski definition) is 1. The first-order chi connectivity index (χ1) is 5.86. The Bertz CT molecular complexity index is 166. The van der Waals surface area contributed by atoms with Crippen LogP contribution in [-0.2, 0) is 0 Å². The van der Waals surface area contributed by atoms with Crippen molar-refractivity contribution in [3.63, 3.8) is 0 Å². The van der Waals surface area contributed by atoms with Crippen LogP contribution >= 0.6 is 0 Å².